The fraction of sp³-hybridized carbons (Fsp3) is 0.500. The molecule has 0 aromatic carbocycles. The normalized spacial score (nSPS) is 16.0. The summed E-state index contributed by atoms with van der Waals surface area (Å²) in [7, 11) is 0. The van der Waals surface area contributed by atoms with Crippen LogP contribution >= 0.6 is 11.3 Å². The predicted molar refractivity (Wildman–Crippen MR) is 82.2 cm³/mol. The Kier molecular flexibility index (Phi) is 4.03. The first-order chi connectivity index (χ1) is 10.1. The van der Waals surface area contributed by atoms with Crippen LogP contribution in [-0.2, 0) is 11.3 Å². The number of nitrogens with zero attached hydrogens (tertiary/aromatic N) is 2. The van der Waals surface area contributed by atoms with Crippen LogP contribution in [0.2, 0.25) is 0 Å². The monoisotopic (exact) mass is 306 g/mol. The highest BCUT2D eigenvalue weighted by atomic mass is 32.1. The van der Waals surface area contributed by atoms with E-state index in [0.717, 1.165) is 4.83 Å². The van der Waals surface area contributed by atoms with Gasteiger partial charge in [-0.2, -0.15) is 0 Å². The Morgan fingerprint density at radius 2 is 2.38 bits per heavy atom. The summed E-state index contributed by atoms with van der Waals surface area (Å²) in [5.74, 6) is 0.488. The molecule has 3 N–H and O–H groups in total. The molecular weight excluding hydrogens is 288 g/mol. The molecule has 7 heteroatoms. The number of aromatic nitrogens is 2. The van der Waals surface area contributed by atoms with Gasteiger partial charge in [-0.25, -0.2) is 4.98 Å². The third-order valence-corrected chi connectivity index (χ3v) is 4.61. The molecule has 1 aliphatic carbocycles. The van der Waals surface area contributed by atoms with E-state index in [2.05, 4.69) is 10.3 Å². The van der Waals surface area contributed by atoms with Gasteiger partial charge in [0.2, 0.25) is 5.91 Å². The smallest absolute Gasteiger partial charge is 0.262 e. The molecule has 2 aromatic rings. The van der Waals surface area contributed by atoms with Crippen LogP contribution in [0.4, 0.5) is 0 Å². The molecule has 0 aliphatic heterocycles. The van der Waals surface area contributed by atoms with Crippen molar-refractivity contribution in [3.8, 4) is 0 Å². The van der Waals surface area contributed by atoms with Crippen molar-refractivity contribution < 1.29 is 4.79 Å². The highest BCUT2D eigenvalue weighted by Crippen LogP contribution is 2.31. The zero-order valence-electron chi connectivity index (χ0n) is 11.6. The lowest BCUT2D eigenvalue weighted by atomic mass is 10.2. The van der Waals surface area contributed by atoms with E-state index in [1.807, 2.05) is 5.38 Å². The molecule has 21 heavy (non-hydrogen) atoms. The molecule has 0 radical (unpaired) electrons. The maximum Gasteiger partial charge on any atom is 0.262 e. The van der Waals surface area contributed by atoms with Gasteiger partial charge in [-0.05, 0) is 30.2 Å². The van der Waals surface area contributed by atoms with Gasteiger partial charge in [-0.1, -0.05) is 0 Å². The number of aryl methyl sites for hydroxylation is 1. The number of hydrogen-bond acceptors (Lipinski definition) is 5. The van der Waals surface area contributed by atoms with Crippen LogP contribution < -0.4 is 16.6 Å². The maximum atomic E-state index is 12.1. The largest absolute Gasteiger partial charge is 0.354 e. The first-order valence-corrected chi connectivity index (χ1v) is 7.98. The van der Waals surface area contributed by atoms with Gasteiger partial charge in [0.25, 0.3) is 5.56 Å². The summed E-state index contributed by atoms with van der Waals surface area (Å²) in [6, 6.07) is 1.82. The SMILES string of the molecule is NC(CNC(=O)CCn1cnc2sccc2c1=O)C1CC1. The lowest BCUT2D eigenvalue weighted by Crippen LogP contribution is -2.39. The molecule has 2 heterocycles. The lowest BCUT2D eigenvalue weighted by Gasteiger charge is -2.11. The van der Waals surface area contributed by atoms with Crippen molar-refractivity contribution in [3.05, 3.63) is 28.1 Å². The number of fused-ring (bicyclic) bond motifs is 1. The topological polar surface area (TPSA) is 90.0 Å². The molecular formula is C14H18N4O2S. The summed E-state index contributed by atoms with van der Waals surface area (Å²) in [6.07, 6.45) is 4.09. The minimum Gasteiger partial charge on any atom is -0.354 e. The molecule has 0 bridgehead atoms. The van der Waals surface area contributed by atoms with Crippen molar-refractivity contribution >= 4 is 27.5 Å². The minimum absolute atomic E-state index is 0.0560. The van der Waals surface area contributed by atoms with E-state index >= 15 is 0 Å². The summed E-state index contributed by atoms with van der Waals surface area (Å²) in [5, 5.41) is 5.28. The predicted octanol–water partition coefficient (Wildman–Crippen LogP) is 0.702. The summed E-state index contributed by atoms with van der Waals surface area (Å²) < 4.78 is 1.48. The van der Waals surface area contributed by atoms with Gasteiger partial charge in [0.1, 0.15) is 4.83 Å². The van der Waals surface area contributed by atoms with Crippen molar-refractivity contribution in [1.29, 1.82) is 0 Å². The zero-order chi connectivity index (χ0) is 14.8. The second-order valence-electron chi connectivity index (χ2n) is 5.44. The summed E-state index contributed by atoms with van der Waals surface area (Å²) in [4.78, 5) is 28.9. The Bertz CT molecular complexity index is 704. The number of nitrogens with two attached hydrogens (primary N) is 1. The van der Waals surface area contributed by atoms with E-state index in [9.17, 15) is 9.59 Å². The number of nitrogens with one attached hydrogen (secondary N) is 1. The van der Waals surface area contributed by atoms with Crippen molar-refractivity contribution in [2.24, 2.45) is 11.7 Å². The van der Waals surface area contributed by atoms with E-state index in [1.54, 1.807) is 6.07 Å². The van der Waals surface area contributed by atoms with E-state index in [0.29, 0.717) is 24.4 Å². The molecule has 0 saturated heterocycles. The van der Waals surface area contributed by atoms with Gasteiger partial charge >= 0.3 is 0 Å². The number of hydrogen-bond donors (Lipinski definition) is 2. The molecule has 1 fully saturated rings. The summed E-state index contributed by atoms with van der Waals surface area (Å²) in [5.41, 5.74) is 5.84. The number of carbonyl (C=O) groups is 1. The number of carbonyl (C=O) groups excluding carboxylic acids is 1. The number of thiophene rings is 1. The molecule has 6 nitrogen and oxygen atoms in total. The van der Waals surface area contributed by atoms with Crippen LogP contribution in [0.1, 0.15) is 19.3 Å². The van der Waals surface area contributed by atoms with E-state index < -0.39 is 0 Å². The van der Waals surface area contributed by atoms with Crippen LogP contribution in [0, 0.1) is 5.92 Å². The molecule has 1 aliphatic rings. The zero-order valence-corrected chi connectivity index (χ0v) is 12.4. The van der Waals surface area contributed by atoms with E-state index in [-0.39, 0.29) is 23.9 Å². The molecule has 112 valence electrons. The molecule has 3 rings (SSSR count). The molecule has 1 unspecified atom stereocenters. The third-order valence-electron chi connectivity index (χ3n) is 3.79. The average Bonchev–Trinajstić information content (AvgIpc) is 3.22. The standard InChI is InChI=1S/C14H18N4O2S/c15-11(9-1-2-9)7-16-12(19)3-5-18-8-17-13-10(14(18)20)4-6-21-13/h4,6,8-9,11H,1-3,5,7,15H2,(H,16,19). The quantitative estimate of drug-likeness (QED) is 0.822. The first-order valence-electron chi connectivity index (χ1n) is 7.10. The second-order valence-corrected chi connectivity index (χ2v) is 6.33. The van der Waals surface area contributed by atoms with Crippen molar-refractivity contribution in [3.63, 3.8) is 0 Å². The van der Waals surface area contributed by atoms with Gasteiger partial charge < -0.3 is 11.1 Å². The minimum atomic E-state index is -0.0938. The molecule has 2 aromatic heterocycles. The summed E-state index contributed by atoms with van der Waals surface area (Å²) >= 11 is 1.44. The molecule has 1 atom stereocenters. The first kappa shape index (κ1) is 14.2. The van der Waals surface area contributed by atoms with Gasteiger partial charge in [0, 0.05) is 25.6 Å². The van der Waals surface area contributed by atoms with E-state index in [1.165, 1.54) is 35.1 Å². The average molecular weight is 306 g/mol. The molecule has 0 spiro atoms. The molecule has 1 amide bonds. The van der Waals surface area contributed by atoms with Crippen molar-refractivity contribution in [2.45, 2.75) is 31.8 Å². The number of amides is 1. The second kappa shape index (κ2) is 5.95. The Labute approximate surface area is 126 Å². The number of rotatable bonds is 6. The Morgan fingerprint density at radius 1 is 1.57 bits per heavy atom. The van der Waals surface area contributed by atoms with E-state index in [4.69, 9.17) is 5.73 Å². The molecule has 1 saturated carbocycles. The Hall–Kier alpha value is -1.73. The van der Waals surface area contributed by atoms with Crippen molar-refractivity contribution in [2.75, 3.05) is 6.54 Å². The van der Waals surface area contributed by atoms with Crippen LogP contribution in [0.5, 0.6) is 0 Å². The fourth-order valence-electron chi connectivity index (χ4n) is 2.29. The maximum absolute atomic E-state index is 12.1. The fourth-order valence-corrected chi connectivity index (χ4v) is 3.01. The van der Waals surface area contributed by atoms with Gasteiger partial charge in [0.15, 0.2) is 0 Å². The lowest BCUT2D eigenvalue weighted by molar-refractivity contribution is -0.121. The van der Waals surface area contributed by atoms with Gasteiger partial charge in [-0.3, -0.25) is 14.2 Å². The van der Waals surface area contributed by atoms with Crippen LogP contribution in [-0.4, -0.2) is 28.0 Å². The highest BCUT2D eigenvalue weighted by molar-refractivity contribution is 7.16. The third kappa shape index (κ3) is 3.30. The van der Waals surface area contributed by atoms with Crippen LogP contribution in [0.3, 0.4) is 0 Å². The highest BCUT2D eigenvalue weighted by Gasteiger charge is 2.28. The van der Waals surface area contributed by atoms with Crippen LogP contribution in [0.15, 0.2) is 22.6 Å². The van der Waals surface area contributed by atoms with Crippen LogP contribution in [0.25, 0.3) is 10.2 Å². The summed E-state index contributed by atoms with van der Waals surface area (Å²) in [6.45, 7) is 0.850. The Morgan fingerprint density at radius 3 is 3.14 bits per heavy atom. The van der Waals surface area contributed by atoms with Gasteiger partial charge in [0.05, 0.1) is 11.7 Å². The van der Waals surface area contributed by atoms with Crippen molar-refractivity contribution in [1.82, 2.24) is 14.9 Å². The Balaban J connectivity index is 1.54. The van der Waals surface area contributed by atoms with Gasteiger partial charge in [-0.15, -0.1) is 11.3 Å².